The molecule has 0 N–H and O–H groups in total. The van der Waals surface area contributed by atoms with E-state index < -0.39 is 15.9 Å². The van der Waals surface area contributed by atoms with E-state index in [9.17, 15) is 18.0 Å². The molecule has 39 heavy (non-hydrogen) atoms. The zero-order valence-corrected chi connectivity index (χ0v) is 23.7. The Balaban J connectivity index is 1.45. The molecular weight excluding hydrogens is 577 g/mol. The van der Waals surface area contributed by atoms with Crippen LogP contribution in [0.5, 0.6) is 0 Å². The van der Waals surface area contributed by atoms with Crippen LogP contribution in [0.1, 0.15) is 15.9 Å². The highest BCUT2D eigenvalue weighted by molar-refractivity contribution is 7.92. The maximum atomic E-state index is 14.0. The number of carbonyl (C=O) groups excluding carboxylic acids is 2. The Bertz CT molecular complexity index is 1600. The minimum absolute atomic E-state index is 0.0193. The van der Waals surface area contributed by atoms with Gasteiger partial charge in [-0.05, 0) is 65.5 Å². The quantitative estimate of drug-likeness (QED) is 0.263. The number of hydrogen-bond acceptors (Lipinski definition) is 5. The summed E-state index contributed by atoms with van der Waals surface area (Å²) in [4.78, 5) is 29.2. The third-order valence-electron chi connectivity index (χ3n) is 6.32. The fraction of sp³-hybridized carbons (Fsp3) is 0.143. The molecule has 0 bridgehead atoms. The first-order valence-corrected chi connectivity index (χ1v) is 15.1. The lowest BCUT2D eigenvalue weighted by Gasteiger charge is -2.33. The maximum Gasteiger partial charge on any atom is 0.264 e. The van der Waals surface area contributed by atoms with E-state index in [1.54, 1.807) is 29.2 Å². The van der Waals surface area contributed by atoms with Gasteiger partial charge in [0.25, 0.3) is 15.9 Å². The van der Waals surface area contributed by atoms with Gasteiger partial charge in [0, 0.05) is 18.1 Å². The molecule has 1 aromatic heterocycles. The summed E-state index contributed by atoms with van der Waals surface area (Å²) in [7, 11) is -4.13. The highest BCUT2D eigenvalue weighted by atomic mass is 35.5. The summed E-state index contributed by atoms with van der Waals surface area (Å²) in [6.45, 7) is 0.563. The predicted molar refractivity (Wildman–Crippen MR) is 155 cm³/mol. The molecule has 2 heterocycles. The van der Waals surface area contributed by atoms with E-state index in [1.165, 1.54) is 38.7 Å². The van der Waals surface area contributed by atoms with Crippen LogP contribution >= 0.6 is 34.5 Å². The number of thiophene rings is 1. The van der Waals surface area contributed by atoms with Gasteiger partial charge in [0.05, 0.1) is 32.7 Å². The van der Waals surface area contributed by atoms with Gasteiger partial charge in [0.2, 0.25) is 5.91 Å². The molecule has 1 aliphatic rings. The second kappa shape index (κ2) is 11.4. The fourth-order valence-electron chi connectivity index (χ4n) is 4.30. The number of amides is 2. The molecule has 200 valence electrons. The molecule has 0 spiro atoms. The number of benzene rings is 3. The lowest BCUT2D eigenvalue weighted by atomic mass is 10.1. The van der Waals surface area contributed by atoms with Crippen LogP contribution in [0.2, 0.25) is 10.0 Å². The Morgan fingerprint density at radius 2 is 1.67 bits per heavy atom. The van der Waals surface area contributed by atoms with Crippen molar-refractivity contribution in [2.75, 3.05) is 28.8 Å². The molecule has 3 aromatic carbocycles. The van der Waals surface area contributed by atoms with Crippen molar-refractivity contribution in [1.82, 2.24) is 4.90 Å². The van der Waals surface area contributed by atoms with E-state index in [0.717, 1.165) is 10.6 Å². The predicted octanol–water partition coefficient (Wildman–Crippen LogP) is 5.94. The van der Waals surface area contributed by atoms with Crippen LogP contribution in [0.15, 0.2) is 95.2 Å². The highest BCUT2D eigenvalue weighted by Crippen LogP contribution is 2.30. The molecule has 0 atom stereocenters. The number of nitrogens with zero attached hydrogens (tertiary/aromatic N) is 3. The number of sulfonamides is 1. The number of hydrogen-bond donors (Lipinski definition) is 0. The molecule has 1 saturated heterocycles. The summed E-state index contributed by atoms with van der Waals surface area (Å²) in [6, 6.07) is 23.5. The van der Waals surface area contributed by atoms with Gasteiger partial charge in [-0.15, -0.1) is 11.3 Å². The number of anilines is 2. The summed E-state index contributed by atoms with van der Waals surface area (Å²) in [5.41, 5.74) is 1.22. The van der Waals surface area contributed by atoms with Crippen LogP contribution in [0.4, 0.5) is 10.7 Å². The average Bonchev–Trinajstić information content (AvgIpc) is 3.47. The normalized spacial score (nSPS) is 13.9. The van der Waals surface area contributed by atoms with Crippen molar-refractivity contribution in [2.45, 2.75) is 11.4 Å². The molecular formula is C28H23Cl2N3O4S2. The summed E-state index contributed by atoms with van der Waals surface area (Å²) in [5.74, 6) is -0.717. The number of piperazine rings is 1. The summed E-state index contributed by atoms with van der Waals surface area (Å²) < 4.78 is 29.2. The molecule has 4 aromatic rings. The van der Waals surface area contributed by atoms with Gasteiger partial charge in [0.1, 0.15) is 6.54 Å². The van der Waals surface area contributed by atoms with Crippen LogP contribution in [-0.2, 0) is 21.4 Å². The van der Waals surface area contributed by atoms with Crippen LogP contribution in [0.3, 0.4) is 0 Å². The Kier molecular flexibility index (Phi) is 7.95. The molecule has 0 unspecified atom stereocenters. The average molecular weight is 601 g/mol. The van der Waals surface area contributed by atoms with Crippen molar-refractivity contribution in [3.05, 3.63) is 111 Å². The summed E-state index contributed by atoms with van der Waals surface area (Å²) in [6.07, 6.45) is 0. The van der Waals surface area contributed by atoms with Crippen LogP contribution in [-0.4, -0.2) is 44.8 Å². The molecule has 0 radical (unpaired) electrons. The number of carbonyl (C=O) groups is 2. The van der Waals surface area contributed by atoms with Gasteiger partial charge in [-0.25, -0.2) is 8.42 Å². The minimum Gasteiger partial charge on any atom is -0.327 e. The topological polar surface area (TPSA) is 78.0 Å². The zero-order chi connectivity index (χ0) is 27.6. The minimum atomic E-state index is -4.13. The van der Waals surface area contributed by atoms with Crippen LogP contribution in [0.25, 0.3) is 0 Å². The van der Waals surface area contributed by atoms with Gasteiger partial charge in [-0.2, -0.15) is 0 Å². The van der Waals surface area contributed by atoms with Crippen molar-refractivity contribution < 1.29 is 18.0 Å². The molecule has 5 rings (SSSR count). The number of halogens is 2. The van der Waals surface area contributed by atoms with Gasteiger partial charge in [-0.3, -0.25) is 13.9 Å². The van der Waals surface area contributed by atoms with Crippen LogP contribution < -0.4 is 9.21 Å². The zero-order valence-electron chi connectivity index (χ0n) is 20.5. The van der Waals surface area contributed by atoms with Crippen molar-refractivity contribution >= 4 is 67.1 Å². The molecule has 0 aliphatic carbocycles. The first kappa shape index (κ1) is 27.2. The lowest BCUT2D eigenvalue weighted by Crippen LogP contribution is -2.52. The monoisotopic (exact) mass is 599 g/mol. The third kappa shape index (κ3) is 5.81. The van der Waals surface area contributed by atoms with Gasteiger partial charge < -0.3 is 9.80 Å². The third-order valence-corrected chi connectivity index (χ3v) is 9.56. The standard InChI is InChI=1S/C28H23Cl2N3O4S2/c29-21-8-10-22(11-9-21)33(18-20-5-2-1-3-6-20)39(36,37)23-12-13-25(30)24(17-23)28(35)31-14-15-32(26(34)19-31)27-7-4-16-38-27/h1-13,16-17H,14-15,18-19H2. The van der Waals surface area contributed by atoms with Crippen molar-refractivity contribution in [1.29, 1.82) is 0 Å². The van der Waals surface area contributed by atoms with Gasteiger partial charge >= 0.3 is 0 Å². The van der Waals surface area contributed by atoms with Gasteiger partial charge in [-0.1, -0.05) is 53.5 Å². The Morgan fingerprint density at radius 1 is 0.923 bits per heavy atom. The van der Waals surface area contributed by atoms with E-state index >= 15 is 0 Å². The first-order chi connectivity index (χ1) is 18.7. The second-order valence-corrected chi connectivity index (χ2v) is 12.5. The molecule has 11 heteroatoms. The van der Waals surface area contributed by atoms with Gasteiger partial charge in [0.15, 0.2) is 0 Å². The Morgan fingerprint density at radius 3 is 2.33 bits per heavy atom. The molecule has 0 saturated carbocycles. The summed E-state index contributed by atoms with van der Waals surface area (Å²) >= 11 is 13.9. The molecule has 7 nitrogen and oxygen atoms in total. The smallest absolute Gasteiger partial charge is 0.264 e. The van der Waals surface area contributed by atoms with E-state index in [1.807, 2.05) is 47.8 Å². The van der Waals surface area contributed by atoms with Crippen molar-refractivity contribution in [2.24, 2.45) is 0 Å². The van der Waals surface area contributed by atoms with E-state index in [0.29, 0.717) is 23.8 Å². The number of rotatable bonds is 7. The van der Waals surface area contributed by atoms with Crippen LogP contribution in [0, 0.1) is 0 Å². The molecule has 1 fully saturated rings. The maximum absolute atomic E-state index is 14.0. The Hall–Kier alpha value is -3.37. The fourth-order valence-corrected chi connectivity index (χ4v) is 6.88. The Labute approximate surface area is 240 Å². The van der Waals surface area contributed by atoms with E-state index in [2.05, 4.69) is 0 Å². The van der Waals surface area contributed by atoms with Crippen molar-refractivity contribution in [3.8, 4) is 0 Å². The molecule has 1 aliphatic heterocycles. The lowest BCUT2D eigenvalue weighted by molar-refractivity contribution is -0.120. The van der Waals surface area contributed by atoms with Crippen molar-refractivity contribution in [3.63, 3.8) is 0 Å². The SMILES string of the molecule is O=C(c1cc(S(=O)(=O)N(Cc2ccccc2)c2ccc(Cl)cc2)ccc1Cl)N1CCN(c2cccs2)C(=O)C1. The first-order valence-electron chi connectivity index (χ1n) is 12.0. The largest absolute Gasteiger partial charge is 0.327 e. The van der Waals surface area contributed by atoms with E-state index in [-0.39, 0.29) is 34.5 Å². The second-order valence-electron chi connectivity index (χ2n) is 8.84. The molecule has 2 amide bonds. The highest BCUT2D eigenvalue weighted by Gasteiger charge is 2.32. The van der Waals surface area contributed by atoms with E-state index in [4.69, 9.17) is 23.2 Å². The summed E-state index contributed by atoms with van der Waals surface area (Å²) in [5, 5.41) is 3.28.